The van der Waals surface area contributed by atoms with Gasteiger partial charge in [0.25, 0.3) is 0 Å². The number of fused-ring (bicyclic) bond motifs is 1. The van der Waals surface area contributed by atoms with Crippen LogP contribution in [0.2, 0.25) is 0 Å². The molecule has 2 heterocycles. The van der Waals surface area contributed by atoms with Gasteiger partial charge in [-0.15, -0.1) is 0 Å². The second-order valence-corrected chi connectivity index (χ2v) is 4.48. The summed E-state index contributed by atoms with van der Waals surface area (Å²) in [7, 11) is 0. The van der Waals surface area contributed by atoms with Gasteiger partial charge in [-0.25, -0.2) is 0 Å². The summed E-state index contributed by atoms with van der Waals surface area (Å²) in [5, 5.41) is 12.0. The van der Waals surface area contributed by atoms with Gasteiger partial charge in [0.05, 0.1) is 6.10 Å². The molecule has 2 aliphatic heterocycles. The number of hydrogen-bond acceptors (Lipinski definition) is 3. The standard InChI is InChI=1S/C9H14N2O3/c1-9(2)8(14)11-4-5(12)3-6(11)7(13)10-9/h5-6,12H,3-4H2,1-2H3,(H,10,13)/t5-,6+/m0/s1. The summed E-state index contributed by atoms with van der Waals surface area (Å²) in [6.07, 6.45) is -0.211. The van der Waals surface area contributed by atoms with Crippen LogP contribution in [0.4, 0.5) is 0 Å². The van der Waals surface area contributed by atoms with E-state index >= 15 is 0 Å². The second kappa shape index (κ2) is 2.70. The zero-order chi connectivity index (χ0) is 10.5. The van der Waals surface area contributed by atoms with Gasteiger partial charge in [-0.05, 0) is 13.8 Å². The lowest BCUT2D eigenvalue weighted by Gasteiger charge is -2.39. The molecule has 0 radical (unpaired) electrons. The smallest absolute Gasteiger partial charge is 0.248 e. The molecule has 2 atom stereocenters. The molecule has 0 aromatic rings. The molecule has 0 bridgehead atoms. The topological polar surface area (TPSA) is 69.6 Å². The van der Waals surface area contributed by atoms with Crippen LogP contribution in [-0.4, -0.2) is 46.1 Å². The highest BCUT2D eigenvalue weighted by atomic mass is 16.3. The van der Waals surface area contributed by atoms with E-state index in [1.54, 1.807) is 13.8 Å². The Morgan fingerprint density at radius 2 is 2.14 bits per heavy atom. The summed E-state index contributed by atoms with van der Waals surface area (Å²) in [5.41, 5.74) is -0.836. The van der Waals surface area contributed by atoms with E-state index in [0.29, 0.717) is 6.42 Å². The predicted octanol–water partition coefficient (Wildman–Crippen LogP) is -1.14. The number of carbonyl (C=O) groups excluding carboxylic acids is 2. The van der Waals surface area contributed by atoms with Crippen molar-refractivity contribution in [3.63, 3.8) is 0 Å². The molecule has 0 saturated carbocycles. The van der Waals surface area contributed by atoms with Crippen molar-refractivity contribution in [3.05, 3.63) is 0 Å². The Hall–Kier alpha value is -1.10. The highest BCUT2D eigenvalue weighted by Gasteiger charge is 2.49. The van der Waals surface area contributed by atoms with E-state index < -0.39 is 17.7 Å². The Balaban J connectivity index is 2.29. The van der Waals surface area contributed by atoms with Crippen LogP contribution in [0.5, 0.6) is 0 Å². The molecule has 2 aliphatic rings. The molecule has 2 amide bonds. The molecule has 0 aliphatic carbocycles. The van der Waals surface area contributed by atoms with Crippen molar-refractivity contribution in [1.82, 2.24) is 10.2 Å². The molecule has 78 valence electrons. The van der Waals surface area contributed by atoms with Gasteiger partial charge in [-0.3, -0.25) is 9.59 Å². The largest absolute Gasteiger partial charge is 0.391 e. The van der Waals surface area contributed by atoms with Crippen molar-refractivity contribution in [2.24, 2.45) is 0 Å². The van der Waals surface area contributed by atoms with Crippen LogP contribution in [0.25, 0.3) is 0 Å². The molecule has 5 nitrogen and oxygen atoms in total. The van der Waals surface area contributed by atoms with Crippen LogP contribution in [0, 0.1) is 0 Å². The predicted molar refractivity (Wildman–Crippen MR) is 48.3 cm³/mol. The van der Waals surface area contributed by atoms with Crippen molar-refractivity contribution in [3.8, 4) is 0 Å². The van der Waals surface area contributed by atoms with E-state index in [1.807, 2.05) is 0 Å². The quantitative estimate of drug-likeness (QED) is 0.516. The number of carbonyl (C=O) groups is 2. The van der Waals surface area contributed by atoms with Gasteiger partial charge >= 0.3 is 0 Å². The maximum atomic E-state index is 11.8. The fraction of sp³-hybridized carbons (Fsp3) is 0.778. The normalized spacial score (nSPS) is 35.5. The second-order valence-electron chi connectivity index (χ2n) is 4.48. The summed E-state index contributed by atoms with van der Waals surface area (Å²) in [4.78, 5) is 24.9. The third-order valence-corrected chi connectivity index (χ3v) is 2.81. The average molecular weight is 198 g/mol. The summed E-state index contributed by atoms with van der Waals surface area (Å²) >= 11 is 0. The number of hydrogen-bond donors (Lipinski definition) is 2. The van der Waals surface area contributed by atoms with Crippen molar-refractivity contribution >= 4 is 11.8 Å². The summed E-state index contributed by atoms with van der Waals surface area (Å²) in [6.45, 7) is 3.63. The summed E-state index contributed by atoms with van der Waals surface area (Å²) in [6, 6.07) is -0.467. The first kappa shape index (κ1) is 9.45. The maximum absolute atomic E-state index is 11.8. The number of piperazine rings is 1. The fourth-order valence-electron chi connectivity index (χ4n) is 2.09. The van der Waals surface area contributed by atoms with E-state index in [1.165, 1.54) is 4.90 Å². The van der Waals surface area contributed by atoms with Gasteiger partial charge in [0, 0.05) is 13.0 Å². The van der Waals surface area contributed by atoms with Crippen LogP contribution in [0.15, 0.2) is 0 Å². The Kier molecular flexibility index (Phi) is 1.82. The molecule has 2 rings (SSSR count). The zero-order valence-corrected chi connectivity index (χ0v) is 8.28. The van der Waals surface area contributed by atoms with E-state index in [-0.39, 0.29) is 18.4 Å². The van der Waals surface area contributed by atoms with Gasteiger partial charge in [0.1, 0.15) is 11.6 Å². The van der Waals surface area contributed by atoms with Crippen LogP contribution in [0.1, 0.15) is 20.3 Å². The number of nitrogens with zero attached hydrogens (tertiary/aromatic N) is 1. The minimum atomic E-state index is -0.836. The van der Waals surface area contributed by atoms with Crippen LogP contribution >= 0.6 is 0 Å². The molecule has 5 heteroatoms. The molecule has 2 saturated heterocycles. The minimum Gasteiger partial charge on any atom is -0.391 e. The van der Waals surface area contributed by atoms with E-state index in [4.69, 9.17) is 0 Å². The highest BCUT2D eigenvalue weighted by molar-refractivity contribution is 5.99. The van der Waals surface area contributed by atoms with Crippen molar-refractivity contribution in [2.75, 3.05) is 6.54 Å². The van der Waals surface area contributed by atoms with E-state index in [9.17, 15) is 14.7 Å². The van der Waals surface area contributed by atoms with Crippen molar-refractivity contribution < 1.29 is 14.7 Å². The van der Waals surface area contributed by atoms with Crippen LogP contribution in [0.3, 0.4) is 0 Å². The third kappa shape index (κ3) is 1.19. The Bertz CT molecular complexity index is 300. The first-order valence-electron chi connectivity index (χ1n) is 4.73. The molecule has 0 spiro atoms. The Labute approximate surface area is 82.1 Å². The lowest BCUT2D eigenvalue weighted by molar-refractivity contribution is -0.151. The number of rotatable bonds is 0. The Morgan fingerprint density at radius 1 is 1.50 bits per heavy atom. The SMILES string of the molecule is CC1(C)NC(=O)[C@H]2C[C@H](O)CN2C1=O. The number of aliphatic hydroxyl groups excluding tert-OH is 1. The third-order valence-electron chi connectivity index (χ3n) is 2.81. The number of amides is 2. The minimum absolute atomic E-state index is 0.112. The van der Waals surface area contributed by atoms with E-state index in [0.717, 1.165) is 0 Å². The average Bonchev–Trinajstić information content (AvgIpc) is 2.43. The van der Waals surface area contributed by atoms with Crippen molar-refractivity contribution in [2.45, 2.75) is 38.0 Å². The lowest BCUT2D eigenvalue weighted by atomic mass is 9.98. The molecule has 14 heavy (non-hydrogen) atoms. The first-order chi connectivity index (χ1) is 6.42. The number of aliphatic hydroxyl groups is 1. The van der Waals surface area contributed by atoms with Gasteiger partial charge in [-0.2, -0.15) is 0 Å². The molecule has 0 aromatic heterocycles. The zero-order valence-electron chi connectivity index (χ0n) is 8.28. The van der Waals surface area contributed by atoms with Crippen LogP contribution in [-0.2, 0) is 9.59 Å². The lowest BCUT2D eigenvalue weighted by Crippen LogP contribution is -2.66. The van der Waals surface area contributed by atoms with Gasteiger partial charge in [-0.1, -0.05) is 0 Å². The Morgan fingerprint density at radius 3 is 2.79 bits per heavy atom. The van der Waals surface area contributed by atoms with Gasteiger partial charge in [0.15, 0.2) is 0 Å². The molecular formula is C9H14N2O3. The molecule has 2 N–H and O–H groups in total. The summed E-state index contributed by atoms with van der Waals surface area (Å²) < 4.78 is 0. The van der Waals surface area contributed by atoms with Crippen molar-refractivity contribution in [1.29, 1.82) is 0 Å². The molecular weight excluding hydrogens is 184 g/mol. The monoisotopic (exact) mass is 198 g/mol. The van der Waals surface area contributed by atoms with Crippen LogP contribution < -0.4 is 5.32 Å². The highest BCUT2D eigenvalue weighted by Crippen LogP contribution is 2.26. The van der Waals surface area contributed by atoms with Gasteiger partial charge < -0.3 is 15.3 Å². The van der Waals surface area contributed by atoms with E-state index in [2.05, 4.69) is 5.32 Å². The molecule has 0 aromatic carbocycles. The molecule has 0 unspecified atom stereocenters. The first-order valence-corrected chi connectivity index (χ1v) is 4.73. The molecule has 2 fully saturated rings. The maximum Gasteiger partial charge on any atom is 0.248 e. The summed E-state index contributed by atoms with van der Waals surface area (Å²) in [5.74, 6) is -0.273. The fourth-order valence-corrected chi connectivity index (χ4v) is 2.09. The number of nitrogens with one attached hydrogen (secondary N) is 1. The van der Waals surface area contributed by atoms with Gasteiger partial charge in [0.2, 0.25) is 11.8 Å².